The topological polar surface area (TPSA) is 45.9 Å². The van der Waals surface area contributed by atoms with E-state index in [-0.39, 0.29) is 0 Å². The molecule has 20 heavy (non-hydrogen) atoms. The van der Waals surface area contributed by atoms with Gasteiger partial charge >= 0.3 is 0 Å². The number of nitriles is 1. The van der Waals surface area contributed by atoms with E-state index in [4.69, 9.17) is 10.00 Å². The van der Waals surface area contributed by atoms with E-state index in [1.165, 1.54) is 5.56 Å². The molecule has 0 spiro atoms. The van der Waals surface area contributed by atoms with Crippen molar-refractivity contribution in [2.24, 2.45) is 0 Å². The summed E-state index contributed by atoms with van der Waals surface area (Å²) in [5.41, 5.74) is 2.25. The van der Waals surface area contributed by atoms with Crippen molar-refractivity contribution in [1.82, 2.24) is 4.98 Å². The molecule has 0 radical (unpaired) electrons. The second-order valence-corrected chi connectivity index (χ2v) is 5.72. The van der Waals surface area contributed by atoms with Gasteiger partial charge in [0.2, 0.25) is 0 Å². The van der Waals surface area contributed by atoms with E-state index in [2.05, 4.69) is 30.1 Å². The van der Waals surface area contributed by atoms with Gasteiger partial charge < -0.3 is 4.74 Å². The highest BCUT2D eigenvalue weighted by atomic mass is 32.1. The SMILES string of the molecule is CCc1cccc(OCCc2nc(C)c(CC#N)s2)c1. The smallest absolute Gasteiger partial charge is 0.119 e. The second-order valence-electron chi connectivity index (χ2n) is 4.55. The lowest BCUT2D eigenvalue weighted by molar-refractivity contribution is 0.321. The van der Waals surface area contributed by atoms with Gasteiger partial charge in [-0.15, -0.1) is 11.3 Å². The number of hydrogen-bond donors (Lipinski definition) is 0. The standard InChI is InChI=1S/C16H18N2OS/c1-3-13-5-4-6-14(11-13)19-10-8-16-18-12(2)15(20-16)7-9-17/h4-6,11H,3,7-8,10H2,1-2H3. The van der Waals surface area contributed by atoms with Crippen LogP contribution < -0.4 is 4.74 Å². The number of benzene rings is 1. The number of thiazole rings is 1. The van der Waals surface area contributed by atoms with Gasteiger partial charge in [-0.2, -0.15) is 5.26 Å². The van der Waals surface area contributed by atoms with Crippen LogP contribution in [0.4, 0.5) is 0 Å². The first-order valence-electron chi connectivity index (χ1n) is 6.76. The summed E-state index contributed by atoms with van der Waals surface area (Å²) in [6.07, 6.45) is 2.25. The van der Waals surface area contributed by atoms with Crippen LogP contribution in [-0.2, 0) is 19.3 Å². The van der Waals surface area contributed by atoms with Crippen LogP contribution in [-0.4, -0.2) is 11.6 Å². The maximum atomic E-state index is 8.73. The van der Waals surface area contributed by atoms with E-state index in [9.17, 15) is 0 Å². The van der Waals surface area contributed by atoms with Crippen molar-refractivity contribution in [2.45, 2.75) is 33.1 Å². The molecule has 0 aliphatic carbocycles. The largest absolute Gasteiger partial charge is 0.493 e. The molecule has 1 heterocycles. The molecule has 0 atom stereocenters. The van der Waals surface area contributed by atoms with Crippen LogP contribution in [0.2, 0.25) is 0 Å². The Balaban J connectivity index is 1.89. The summed E-state index contributed by atoms with van der Waals surface area (Å²) in [5.74, 6) is 0.912. The molecule has 104 valence electrons. The highest BCUT2D eigenvalue weighted by Crippen LogP contribution is 2.19. The van der Waals surface area contributed by atoms with Gasteiger partial charge in [0.25, 0.3) is 0 Å². The molecular weight excluding hydrogens is 268 g/mol. The average Bonchev–Trinajstić information content (AvgIpc) is 2.80. The summed E-state index contributed by atoms with van der Waals surface area (Å²) in [7, 11) is 0. The van der Waals surface area contributed by atoms with Gasteiger partial charge in [-0.3, -0.25) is 0 Å². The molecule has 0 saturated carbocycles. The van der Waals surface area contributed by atoms with Crippen molar-refractivity contribution in [2.75, 3.05) is 6.61 Å². The normalized spacial score (nSPS) is 10.2. The number of hydrogen-bond acceptors (Lipinski definition) is 4. The molecule has 2 rings (SSSR count). The Labute approximate surface area is 123 Å². The quantitative estimate of drug-likeness (QED) is 0.813. The van der Waals surface area contributed by atoms with Gasteiger partial charge in [-0.1, -0.05) is 19.1 Å². The molecule has 3 nitrogen and oxygen atoms in total. The summed E-state index contributed by atoms with van der Waals surface area (Å²) in [4.78, 5) is 5.55. The van der Waals surface area contributed by atoms with E-state index >= 15 is 0 Å². The van der Waals surface area contributed by atoms with Gasteiger partial charge in [0.15, 0.2) is 0 Å². The molecule has 0 unspecified atom stereocenters. The Morgan fingerprint density at radius 2 is 2.25 bits per heavy atom. The molecule has 0 saturated heterocycles. The van der Waals surface area contributed by atoms with Crippen LogP contribution in [0.15, 0.2) is 24.3 Å². The zero-order chi connectivity index (χ0) is 14.4. The van der Waals surface area contributed by atoms with Crippen molar-refractivity contribution in [3.63, 3.8) is 0 Å². The van der Waals surface area contributed by atoms with Crippen LogP contribution in [0.1, 0.15) is 28.1 Å². The van der Waals surface area contributed by atoms with Gasteiger partial charge in [0.05, 0.1) is 29.8 Å². The number of aromatic nitrogens is 1. The molecule has 1 aromatic carbocycles. The predicted octanol–water partition coefficient (Wildman–Crippen LogP) is 3.70. The Kier molecular flexibility index (Phi) is 5.14. The molecular formula is C16H18N2OS. The molecule has 2 aromatic rings. The third-order valence-corrected chi connectivity index (χ3v) is 4.29. The maximum absolute atomic E-state index is 8.73. The minimum Gasteiger partial charge on any atom is -0.493 e. The van der Waals surface area contributed by atoms with E-state index in [0.29, 0.717) is 13.0 Å². The molecule has 0 amide bonds. The van der Waals surface area contributed by atoms with E-state index in [1.807, 2.05) is 19.1 Å². The Morgan fingerprint density at radius 3 is 3.00 bits per heavy atom. The highest BCUT2D eigenvalue weighted by molar-refractivity contribution is 7.11. The average molecular weight is 286 g/mol. The monoisotopic (exact) mass is 286 g/mol. The molecule has 0 N–H and O–H groups in total. The van der Waals surface area contributed by atoms with Crippen LogP contribution in [0.5, 0.6) is 5.75 Å². The van der Waals surface area contributed by atoms with Crippen LogP contribution in [0, 0.1) is 18.3 Å². The fraction of sp³-hybridized carbons (Fsp3) is 0.375. The number of nitrogens with zero attached hydrogens (tertiary/aromatic N) is 2. The lowest BCUT2D eigenvalue weighted by Gasteiger charge is -2.06. The van der Waals surface area contributed by atoms with E-state index in [1.54, 1.807) is 11.3 Å². The number of rotatable bonds is 6. The van der Waals surface area contributed by atoms with Crippen LogP contribution in [0.25, 0.3) is 0 Å². The lowest BCUT2D eigenvalue weighted by atomic mass is 10.2. The minimum atomic E-state index is 0.447. The minimum absolute atomic E-state index is 0.447. The first kappa shape index (κ1) is 14.5. The molecule has 0 aliphatic rings. The fourth-order valence-electron chi connectivity index (χ4n) is 1.94. The molecule has 0 bridgehead atoms. The summed E-state index contributed by atoms with van der Waals surface area (Å²) in [6.45, 7) is 4.71. The predicted molar refractivity (Wildman–Crippen MR) is 81.2 cm³/mol. The van der Waals surface area contributed by atoms with Crippen LogP contribution in [0.3, 0.4) is 0 Å². The zero-order valence-electron chi connectivity index (χ0n) is 11.8. The molecule has 0 aliphatic heterocycles. The Hall–Kier alpha value is -1.86. The van der Waals surface area contributed by atoms with Crippen molar-refractivity contribution in [3.05, 3.63) is 45.4 Å². The van der Waals surface area contributed by atoms with Crippen molar-refractivity contribution in [1.29, 1.82) is 5.26 Å². The van der Waals surface area contributed by atoms with Crippen molar-refractivity contribution >= 4 is 11.3 Å². The zero-order valence-corrected chi connectivity index (χ0v) is 12.7. The van der Waals surface area contributed by atoms with Gasteiger partial charge in [-0.05, 0) is 31.0 Å². The maximum Gasteiger partial charge on any atom is 0.119 e. The fourth-order valence-corrected chi connectivity index (χ4v) is 2.92. The summed E-state index contributed by atoms with van der Waals surface area (Å²) >= 11 is 1.61. The molecule has 4 heteroatoms. The molecule has 0 fully saturated rings. The molecule has 1 aromatic heterocycles. The van der Waals surface area contributed by atoms with E-state index in [0.717, 1.165) is 34.2 Å². The summed E-state index contributed by atoms with van der Waals surface area (Å²) in [6, 6.07) is 10.4. The summed E-state index contributed by atoms with van der Waals surface area (Å²) in [5, 5.41) is 9.77. The number of aryl methyl sites for hydroxylation is 2. The lowest BCUT2D eigenvalue weighted by Crippen LogP contribution is -2.01. The third-order valence-electron chi connectivity index (χ3n) is 3.07. The van der Waals surface area contributed by atoms with Gasteiger partial charge in [0.1, 0.15) is 5.75 Å². The highest BCUT2D eigenvalue weighted by Gasteiger charge is 2.07. The van der Waals surface area contributed by atoms with Gasteiger partial charge in [-0.25, -0.2) is 4.98 Å². The van der Waals surface area contributed by atoms with E-state index < -0.39 is 0 Å². The third kappa shape index (κ3) is 3.82. The van der Waals surface area contributed by atoms with Crippen molar-refractivity contribution < 1.29 is 4.74 Å². The number of ether oxygens (including phenoxy) is 1. The summed E-state index contributed by atoms with van der Waals surface area (Å²) < 4.78 is 5.76. The Morgan fingerprint density at radius 1 is 1.40 bits per heavy atom. The second kappa shape index (κ2) is 7.06. The van der Waals surface area contributed by atoms with Crippen LogP contribution >= 0.6 is 11.3 Å². The first-order chi connectivity index (χ1) is 9.72. The van der Waals surface area contributed by atoms with Gasteiger partial charge in [0, 0.05) is 11.3 Å². The first-order valence-corrected chi connectivity index (χ1v) is 7.58. The van der Waals surface area contributed by atoms with Crippen molar-refractivity contribution in [3.8, 4) is 11.8 Å². The Bertz CT molecular complexity index is 613.